The van der Waals surface area contributed by atoms with Crippen molar-refractivity contribution in [3.8, 4) is 0 Å². The maximum Gasteiger partial charge on any atom is 0.410 e. The van der Waals surface area contributed by atoms with Crippen molar-refractivity contribution in [3.63, 3.8) is 0 Å². The molecule has 1 heterocycles. The van der Waals surface area contributed by atoms with Gasteiger partial charge in [-0.15, -0.1) is 0 Å². The summed E-state index contributed by atoms with van der Waals surface area (Å²) in [5, 5.41) is 0. The van der Waals surface area contributed by atoms with E-state index in [0.29, 0.717) is 39.0 Å². The Kier molecular flexibility index (Phi) is 13.4. The van der Waals surface area contributed by atoms with Crippen LogP contribution in [0.4, 0.5) is 4.79 Å². The number of esters is 3. The minimum absolute atomic E-state index is 0.130. The fourth-order valence-corrected chi connectivity index (χ4v) is 5.51. The molecular formula is C33H59NO8. The number of likely N-dealkylation sites (tertiary alicyclic amines) is 1. The summed E-state index contributed by atoms with van der Waals surface area (Å²) in [4.78, 5) is 54.5. The van der Waals surface area contributed by atoms with Gasteiger partial charge in [0.2, 0.25) is 0 Å². The lowest BCUT2D eigenvalue weighted by molar-refractivity contribution is -0.180. The number of rotatable bonds is 14. The summed E-state index contributed by atoms with van der Waals surface area (Å²) in [5.41, 5.74) is -4.48. The lowest BCUT2D eigenvalue weighted by atomic mass is 9.66. The predicted octanol–water partition coefficient (Wildman–Crippen LogP) is 7.09. The number of hydrogen-bond donors (Lipinski definition) is 0. The summed E-state index contributed by atoms with van der Waals surface area (Å²) in [6.07, 6.45) is 3.17. The number of unbranched alkanes of at least 4 members (excludes halogenated alkanes) is 1. The van der Waals surface area contributed by atoms with Gasteiger partial charge in [-0.1, -0.05) is 34.1 Å². The second-order valence-corrected chi connectivity index (χ2v) is 15.1. The van der Waals surface area contributed by atoms with E-state index in [1.807, 2.05) is 48.5 Å². The molecule has 1 aliphatic rings. The highest BCUT2D eigenvalue weighted by Crippen LogP contribution is 2.45. The fraction of sp³-hybridized carbons (Fsp3) is 0.879. The van der Waals surface area contributed by atoms with E-state index in [1.54, 1.807) is 39.5 Å². The molecule has 1 unspecified atom stereocenters. The Balaban J connectivity index is 3.12. The summed E-state index contributed by atoms with van der Waals surface area (Å²) < 4.78 is 22.9. The van der Waals surface area contributed by atoms with Gasteiger partial charge < -0.3 is 23.8 Å². The van der Waals surface area contributed by atoms with Crippen LogP contribution in [0.1, 0.15) is 128 Å². The first-order valence-electron chi connectivity index (χ1n) is 15.7. The van der Waals surface area contributed by atoms with Gasteiger partial charge in [-0.2, -0.15) is 0 Å². The molecule has 0 radical (unpaired) electrons. The monoisotopic (exact) mass is 597 g/mol. The molecule has 1 saturated heterocycles. The van der Waals surface area contributed by atoms with Gasteiger partial charge in [-0.05, 0) is 87.0 Å². The molecule has 9 heteroatoms. The van der Waals surface area contributed by atoms with Crippen LogP contribution < -0.4 is 0 Å². The molecular weight excluding hydrogens is 538 g/mol. The van der Waals surface area contributed by atoms with E-state index in [1.165, 1.54) is 0 Å². The van der Waals surface area contributed by atoms with Gasteiger partial charge in [-0.3, -0.25) is 14.4 Å². The smallest absolute Gasteiger partial charge is 0.410 e. The van der Waals surface area contributed by atoms with Crippen molar-refractivity contribution >= 4 is 24.0 Å². The Morgan fingerprint density at radius 2 is 1.31 bits per heavy atom. The number of carbonyl (C=O) groups excluding carboxylic acids is 4. The Bertz CT molecular complexity index is 925. The first kappa shape index (κ1) is 37.7. The van der Waals surface area contributed by atoms with Crippen molar-refractivity contribution in [1.29, 1.82) is 0 Å². The normalized spacial score (nSPS) is 17.3. The minimum Gasteiger partial charge on any atom is -0.465 e. The SMILES string of the molecule is CCCCOC(=O)C(C)(C)CC(C)(CC(C)(C)C(=O)OC1(CC)CCN(C(=O)OC(C)(C)C)CC1)C(=O)OCC(C)C. The lowest BCUT2D eigenvalue weighted by Crippen LogP contribution is -2.51. The summed E-state index contributed by atoms with van der Waals surface area (Å²) in [6, 6.07) is 0. The molecule has 0 aliphatic carbocycles. The van der Waals surface area contributed by atoms with Crippen LogP contribution in [-0.4, -0.2) is 66.4 Å². The zero-order valence-corrected chi connectivity index (χ0v) is 28.6. The van der Waals surface area contributed by atoms with Gasteiger partial charge >= 0.3 is 24.0 Å². The number of amides is 1. The number of hydrogen-bond acceptors (Lipinski definition) is 8. The van der Waals surface area contributed by atoms with E-state index in [4.69, 9.17) is 18.9 Å². The van der Waals surface area contributed by atoms with E-state index in [9.17, 15) is 19.2 Å². The predicted molar refractivity (Wildman–Crippen MR) is 163 cm³/mol. The summed E-state index contributed by atoms with van der Waals surface area (Å²) in [5.74, 6) is -1.09. The number of nitrogens with zero attached hydrogens (tertiary/aromatic N) is 1. The van der Waals surface area contributed by atoms with E-state index >= 15 is 0 Å². The van der Waals surface area contributed by atoms with Crippen LogP contribution in [0.2, 0.25) is 0 Å². The van der Waals surface area contributed by atoms with Crippen molar-refractivity contribution in [1.82, 2.24) is 4.90 Å². The fourth-order valence-electron chi connectivity index (χ4n) is 5.51. The van der Waals surface area contributed by atoms with E-state index < -0.39 is 39.4 Å². The summed E-state index contributed by atoms with van der Waals surface area (Å²) >= 11 is 0. The van der Waals surface area contributed by atoms with Gasteiger partial charge in [0, 0.05) is 25.9 Å². The highest BCUT2D eigenvalue weighted by Gasteiger charge is 2.50. The van der Waals surface area contributed by atoms with E-state index in [2.05, 4.69) is 0 Å². The van der Waals surface area contributed by atoms with Crippen molar-refractivity contribution in [2.24, 2.45) is 22.2 Å². The van der Waals surface area contributed by atoms with E-state index in [0.717, 1.165) is 12.8 Å². The molecule has 1 atom stereocenters. The molecule has 0 aromatic carbocycles. The topological polar surface area (TPSA) is 108 Å². The molecule has 1 amide bonds. The zero-order valence-electron chi connectivity index (χ0n) is 28.6. The zero-order chi connectivity index (χ0) is 32.6. The van der Waals surface area contributed by atoms with Gasteiger partial charge in [0.15, 0.2) is 0 Å². The third-order valence-electron chi connectivity index (χ3n) is 7.82. The number of ether oxygens (including phenoxy) is 4. The molecule has 0 saturated carbocycles. The summed E-state index contributed by atoms with van der Waals surface area (Å²) in [6.45, 7) is 23.7. The second kappa shape index (κ2) is 14.9. The third kappa shape index (κ3) is 11.4. The molecule has 0 aromatic rings. The van der Waals surface area contributed by atoms with Gasteiger partial charge in [0.25, 0.3) is 0 Å². The average molecular weight is 598 g/mol. The Morgan fingerprint density at radius 3 is 1.76 bits per heavy atom. The van der Waals surface area contributed by atoms with Crippen LogP contribution >= 0.6 is 0 Å². The Hall–Kier alpha value is -2.32. The molecule has 1 rings (SSSR count). The van der Waals surface area contributed by atoms with Crippen molar-refractivity contribution < 1.29 is 38.1 Å². The second-order valence-electron chi connectivity index (χ2n) is 15.1. The van der Waals surface area contributed by atoms with Gasteiger partial charge in [0.1, 0.15) is 11.2 Å². The molecule has 244 valence electrons. The van der Waals surface area contributed by atoms with Crippen molar-refractivity contribution in [2.45, 2.75) is 139 Å². The molecule has 9 nitrogen and oxygen atoms in total. The molecule has 1 aliphatic heterocycles. The highest BCUT2D eigenvalue weighted by atomic mass is 16.6. The Labute approximate surface area is 254 Å². The molecule has 0 aromatic heterocycles. The van der Waals surface area contributed by atoms with Gasteiger partial charge in [0.05, 0.1) is 29.5 Å². The first-order chi connectivity index (χ1) is 19.1. The Morgan fingerprint density at radius 1 is 0.786 bits per heavy atom. The van der Waals surface area contributed by atoms with Crippen molar-refractivity contribution in [3.05, 3.63) is 0 Å². The average Bonchev–Trinajstić information content (AvgIpc) is 2.85. The third-order valence-corrected chi connectivity index (χ3v) is 7.82. The van der Waals surface area contributed by atoms with E-state index in [-0.39, 0.29) is 37.4 Å². The van der Waals surface area contributed by atoms with Crippen LogP contribution in [0, 0.1) is 22.2 Å². The van der Waals surface area contributed by atoms with Crippen LogP contribution in [-0.2, 0) is 33.3 Å². The summed E-state index contributed by atoms with van der Waals surface area (Å²) in [7, 11) is 0. The molecule has 0 N–H and O–H groups in total. The van der Waals surface area contributed by atoms with Crippen molar-refractivity contribution in [2.75, 3.05) is 26.3 Å². The maximum absolute atomic E-state index is 13.8. The standard InChI is InChI=1S/C33H59NO8/c1-13-15-20-39-25(35)30(8,9)22-32(12,27(37)40-21-24(3)4)23-31(10,11)26(36)41-33(14-2)16-18-34(19-17-33)28(38)42-29(5,6)7/h24H,13-23H2,1-12H3. The molecule has 42 heavy (non-hydrogen) atoms. The van der Waals surface area contributed by atoms with Crippen LogP contribution in [0.15, 0.2) is 0 Å². The van der Waals surface area contributed by atoms with Gasteiger partial charge in [-0.25, -0.2) is 4.79 Å². The quantitative estimate of drug-likeness (QED) is 0.119. The van der Waals surface area contributed by atoms with Crippen LogP contribution in [0.5, 0.6) is 0 Å². The first-order valence-corrected chi connectivity index (χ1v) is 15.7. The minimum atomic E-state index is -1.15. The number of piperidine rings is 1. The highest BCUT2D eigenvalue weighted by molar-refractivity contribution is 5.82. The van der Waals surface area contributed by atoms with Crippen LogP contribution in [0.25, 0.3) is 0 Å². The lowest BCUT2D eigenvalue weighted by Gasteiger charge is -2.43. The number of carbonyl (C=O) groups is 4. The largest absolute Gasteiger partial charge is 0.465 e. The molecule has 0 bridgehead atoms. The molecule has 1 fully saturated rings. The molecule has 0 spiro atoms. The van der Waals surface area contributed by atoms with Crippen LogP contribution in [0.3, 0.4) is 0 Å². The maximum atomic E-state index is 13.8.